The van der Waals surface area contributed by atoms with Gasteiger partial charge in [0.25, 0.3) is 0 Å². The molecule has 0 bridgehead atoms. The zero-order valence-electron chi connectivity index (χ0n) is 16.3. The molecule has 152 valence electrons. The first-order chi connectivity index (χ1) is 13.9. The van der Waals surface area contributed by atoms with Crippen molar-refractivity contribution in [2.45, 2.75) is 0 Å². The van der Waals surface area contributed by atoms with Crippen LogP contribution < -0.4 is 28.3 Å². The molecule has 0 radical (unpaired) electrons. The molecule has 0 saturated heterocycles. The molecule has 0 heterocycles. The molecule has 0 spiro atoms. The van der Waals surface area contributed by atoms with Gasteiger partial charge in [-0.15, -0.1) is 29.7 Å². The van der Waals surface area contributed by atoms with Crippen LogP contribution in [-0.2, 0) is 16.5 Å². The summed E-state index contributed by atoms with van der Waals surface area (Å²) in [6.07, 6.45) is 0. The van der Waals surface area contributed by atoms with Crippen molar-refractivity contribution in [1.82, 2.24) is 0 Å². The Morgan fingerprint density at radius 3 is 1.30 bits per heavy atom. The van der Waals surface area contributed by atoms with Gasteiger partial charge in [0, 0.05) is 0 Å². The number of halogens is 1. The Kier molecular flexibility index (Phi) is 9.92. The Labute approximate surface area is 196 Å². The van der Waals surface area contributed by atoms with Crippen LogP contribution in [0.5, 0.6) is 0 Å². The van der Waals surface area contributed by atoms with Gasteiger partial charge in [-0.05, 0) is 23.8 Å². The van der Waals surface area contributed by atoms with Gasteiger partial charge >= 0.3 is 16.5 Å². The number of benzene rings is 4. The first-order valence-electron chi connectivity index (χ1n) is 9.47. The van der Waals surface area contributed by atoms with Crippen molar-refractivity contribution in [2.75, 3.05) is 0 Å². The Morgan fingerprint density at radius 1 is 0.467 bits per heavy atom. The molecule has 0 fully saturated rings. The van der Waals surface area contributed by atoms with E-state index in [0.717, 1.165) is 0 Å². The fraction of sp³-hybridized carbons (Fsp3) is 0. The molecule has 0 aliphatic carbocycles. The molecule has 3 heteroatoms. The van der Waals surface area contributed by atoms with Crippen LogP contribution in [0.1, 0.15) is 0 Å². The summed E-state index contributed by atoms with van der Waals surface area (Å²) in [5.41, 5.74) is 0. The number of hydrogen-bond acceptors (Lipinski definition) is 0. The first kappa shape index (κ1) is 24.0. The standard InChI is InChI=1S/C18H15P.C9H7.ClH.Ni/c1-4-10-16(11-5-1)19(17-12-6-2-7-13-17)18-14-8-3-9-15-18;1-2-5-9-7-3-6-8(9)4-1;;/h1-15H;1-7H;1H;/q;-1;;+2/p-1. The Morgan fingerprint density at radius 2 is 0.867 bits per heavy atom. The zero-order chi connectivity index (χ0) is 19.0. The van der Waals surface area contributed by atoms with E-state index in [0.29, 0.717) is 0 Å². The molecule has 0 aliphatic rings. The molecule has 0 saturated carbocycles. The van der Waals surface area contributed by atoms with Gasteiger partial charge in [-0.1, -0.05) is 97.1 Å². The summed E-state index contributed by atoms with van der Waals surface area (Å²) in [7, 11) is -0.446. The van der Waals surface area contributed by atoms with E-state index >= 15 is 0 Å². The van der Waals surface area contributed by atoms with E-state index in [1.807, 2.05) is 0 Å². The molecule has 5 aromatic rings. The van der Waals surface area contributed by atoms with E-state index in [1.54, 1.807) is 0 Å². The Balaban J connectivity index is 0.000000246. The minimum Gasteiger partial charge on any atom is -1.00 e. The van der Waals surface area contributed by atoms with Crippen LogP contribution >= 0.6 is 7.92 Å². The van der Waals surface area contributed by atoms with Gasteiger partial charge in [-0.2, -0.15) is 17.5 Å². The van der Waals surface area contributed by atoms with Crippen molar-refractivity contribution < 1.29 is 28.9 Å². The fourth-order valence-electron chi connectivity index (χ4n) is 3.25. The summed E-state index contributed by atoms with van der Waals surface area (Å²) in [4.78, 5) is 0. The largest absolute Gasteiger partial charge is 2.00 e. The van der Waals surface area contributed by atoms with Gasteiger partial charge in [0.2, 0.25) is 0 Å². The summed E-state index contributed by atoms with van der Waals surface area (Å²) in [5, 5.41) is 6.86. The number of fused-ring (bicyclic) bond motifs is 1. The Bertz CT molecular complexity index is 984. The summed E-state index contributed by atoms with van der Waals surface area (Å²) >= 11 is 0. The molecule has 0 aliphatic heterocycles. The van der Waals surface area contributed by atoms with Crippen molar-refractivity contribution in [1.29, 1.82) is 0 Å². The second kappa shape index (κ2) is 12.4. The van der Waals surface area contributed by atoms with E-state index in [-0.39, 0.29) is 28.9 Å². The maximum absolute atomic E-state index is 2.23. The normalized spacial score (nSPS) is 9.77. The first-order valence-corrected chi connectivity index (χ1v) is 10.8. The molecule has 0 aromatic heterocycles. The van der Waals surface area contributed by atoms with Gasteiger partial charge in [0.05, 0.1) is 0 Å². The molecular formula is C27H22ClNiP. The average molecular weight is 472 g/mol. The van der Waals surface area contributed by atoms with E-state index in [9.17, 15) is 0 Å². The van der Waals surface area contributed by atoms with Gasteiger partial charge in [0.15, 0.2) is 0 Å². The molecule has 0 atom stereocenters. The average Bonchev–Trinajstić information content (AvgIpc) is 3.26. The quantitative estimate of drug-likeness (QED) is 0.216. The molecule has 0 amide bonds. The van der Waals surface area contributed by atoms with E-state index in [1.165, 1.54) is 26.7 Å². The van der Waals surface area contributed by atoms with Crippen molar-refractivity contribution in [3.05, 3.63) is 133 Å². The summed E-state index contributed by atoms with van der Waals surface area (Å²) in [5.74, 6) is 0. The SMILES string of the molecule is [Cl-].[Ni+2].c1ccc(P(c2ccccc2)c2ccccc2)cc1.c1ccc2[cH-]ccc2c1. The van der Waals surface area contributed by atoms with Crippen molar-refractivity contribution in [2.24, 2.45) is 0 Å². The summed E-state index contributed by atoms with van der Waals surface area (Å²) in [6, 6.07) is 47.0. The Hall–Kier alpha value is -2.30. The third-order valence-electron chi connectivity index (χ3n) is 4.59. The molecule has 5 rings (SSSR count). The predicted molar refractivity (Wildman–Crippen MR) is 125 cm³/mol. The van der Waals surface area contributed by atoms with Gasteiger partial charge in [-0.25, -0.2) is 0 Å². The van der Waals surface area contributed by atoms with Crippen LogP contribution in [-0.4, -0.2) is 0 Å². The smallest absolute Gasteiger partial charge is 1.00 e. The summed E-state index contributed by atoms with van der Waals surface area (Å²) in [6.45, 7) is 0. The van der Waals surface area contributed by atoms with Crippen molar-refractivity contribution in [3.8, 4) is 0 Å². The van der Waals surface area contributed by atoms with Gasteiger partial charge < -0.3 is 12.4 Å². The maximum atomic E-state index is 2.23. The van der Waals surface area contributed by atoms with Crippen LogP contribution in [0.15, 0.2) is 133 Å². The minimum atomic E-state index is -0.446. The third-order valence-corrected chi connectivity index (χ3v) is 7.03. The van der Waals surface area contributed by atoms with E-state index in [2.05, 4.69) is 133 Å². The second-order valence-corrected chi connectivity index (χ2v) is 8.72. The van der Waals surface area contributed by atoms with Gasteiger partial charge in [0.1, 0.15) is 0 Å². The molecule has 0 unspecified atom stereocenters. The molecule has 30 heavy (non-hydrogen) atoms. The van der Waals surface area contributed by atoms with Gasteiger partial charge in [-0.3, -0.25) is 0 Å². The van der Waals surface area contributed by atoms with Crippen LogP contribution in [0.4, 0.5) is 0 Å². The topological polar surface area (TPSA) is 0 Å². The molecule has 0 nitrogen and oxygen atoms in total. The van der Waals surface area contributed by atoms with E-state index in [4.69, 9.17) is 0 Å². The van der Waals surface area contributed by atoms with Crippen LogP contribution in [0.25, 0.3) is 10.8 Å². The molecule has 0 N–H and O–H groups in total. The van der Waals surface area contributed by atoms with E-state index < -0.39 is 7.92 Å². The van der Waals surface area contributed by atoms with Crippen LogP contribution in [0, 0.1) is 0 Å². The molecule has 5 aromatic carbocycles. The van der Waals surface area contributed by atoms with Crippen LogP contribution in [0.2, 0.25) is 0 Å². The third kappa shape index (κ3) is 6.10. The second-order valence-electron chi connectivity index (χ2n) is 6.50. The number of hydrogen-bond donors (Lipinski definition) is 0. The van der Waals surface area contributed by atoms with Crippen molar-refractivity contribution in [3.63, 3.8) is 0 Å². The monoisotopic (exact) mass is 470 g/mol. The summed E-state index contributed by atoms with van der Waals surface area (Å²) < 4.78 is 0. The number of rotatable bonds is 3. The minimum absolute atomic E-state index is 0. The molecular weight excluding hydrogens is 449 g/mol. The van der Waals surface area contributed by atoms with Crippen molar-refractivity contribution >= 4 is 34.6 Å². The van der Waals surface area contributed by atoms with Crippen LogP contribution in [0.3, 0.4) is 0 Å². The predicted octanol–water partition coefficient (Wildman–Crippen LogP) is 3.01. The zero-order valence-corrected chi connectivity index (χ0v) is 19.0. The fourth-order valence-corrected chi connectivity index (χ4v) is 5.55. The maximum Gasteiger partial charge on any atom is 2.00 e.